The summed E-state index contributed by atoms with van der Waals surface area (Å²) in [6.45, 7) is 8.73. The molecule has 3 aliphatic rings. The van der Waals surface area contributed by atoms with Gasteiger partial charge < -0.3 is 27.0 Å². The summed E-state index contributed by atoms with van der Waals surface area (Å²) in [6.07, 6.45) is 10.8. The summed E-state index contributed by atoms with van der Waals surface area (Å²) in [5.74, 6) is -0.762. The Morgan fingerprint density at radius 1 is 1.30 bits per heavy atom. The average molecular weight is 538 g/mol. The van der Waals surface area contributed by atoms with Crippen LogP contribution < -0.4 is 22.1 Å². The third-order valence-corrected chi connectivity index (χ3v) is 9.01. The molecule has 6 N–H and O–H groups in total. The highest BCUT2D eigenvalue weighted by Gasteiger charge is 2.38. The molecule has 3 heterocycles. The highest BCUT2D eigenvalue weighted by molar-refractivity contribution is 6.30. The van der Waals surface area contributed by atoms with Gasteiger partial charge >= 0.3 is 0 Å². The molecule has 1 amide bonds. The maximum atomic E-state index is 13.8. The van der Waals surface area contributed by atoms with Gasteiger partial charge in [-0.25, -0.2) is 0 Å². The zero-order valence-electron chi connectivity index (χ0n) is 23.6. The lowest BCUT2D eigenvalue weighted by Crippen LogP contribution is -2.63. The van der Waals surface area contributed by atoms with Crippen molar-refractivity contribution in [2.45, 2.75) is 95.9 Å². The van der Waals surface area contributed by atoms with E-state index in [0.717, 1.165) is 75.4 Å². The highest BCUT2D eigenvalue weighted by atomic mass is 35.5. The summed E-state index contributed by atoms with van der Waals surface area (Å²) >= 11 is 6.48. The molecule has 3 aliphatic heterocycles. The van der Waals surface area contributed by atoms with Gasteiger partial charge in [-0.15, -0.1) is 0 Å². The molecule has 2 fully saturated rings. The number of aliphatic imine (C=N–C) groups is 1. The number of nitrogens with one attached hydrogen (secondary N) is 2. The highest BCUT2D eigenvalue weighted by Crippen LogP contribution is 2.37. The topological polar surface area (TPSA) is 112 Å². The maximum absolute atomic E-state index is 13.8. The first kappa shape index (κ1) is 30.5. The quantitative estimate of drug-likeness (QED) is 0.252. The lowest BCUT2D eigenvalue weighted by molar-refractivity contribution is -0.125. The smallest absolute Gasteiger partial charge is 0.232 e. The number of nitrogens with zero attached hydrogens (tertiary/aromatic N) is 3. The Hall–Kier alpha value is -1.03. The van der Waals surface area contributed by atoms with E-state index in [1.807, 2.05) is 0 Å². The van der Waals surface area contributed by atoms with Crippen LogP contribution in [-0.2, 0) is 4.79 Å². The number of piperidine rings is 2. The van der Waals surface area contributed by atoms with Crippen molar-refractivity contribution in [3.05, 3.63) is 11.1 Å². The summed E-state index contributed by atoms with van der Waals surface area (Å²) in [6, 6.07) is 0.973. The minimum absolute atomic E-state index is 0.0201. The van der Waals surface area contributed by atoms with Crippen LogP contribution in [0, 0.1) is 11.3 Å². The van der Waals surface area contributed by atoms with E-state index >= 15 is 0 Å². The predicted octanol–water partition coefficient (Wildman–Crippen LogP) is 2.66. The van der Waals surface area contributed by atoms with Crippen molar-refractivity contribution in [1.29, 1.82) is 0 Å². The van der Waals surface area contributed by atoms with Crippen molar-refractivity contribution < 1.29 is 4.79 Å². The summed E-state index contributed by atoms with van der Waals surface area (Å²) in [5.41, 5.74) is 13.4. The molecule has 3 rings (SSSR count). The number of carbonyl (C=O) groups is 1. The molecule has 212 valence electrons. The fraction of sp³-hybridized carbons (Fsp3) is 0.857. The molecule has 0 aromatic heterocycles. The second-order valence-electron chi connectivity index (χ2n) is 12.1. The van der Waals surface area contributed by atoms with Gasteiger partial charge in [0.2, 0.25) is 5.91 Å². The van der Waals surface area contributed by atoms with E-state index in [9.17, 15) is 4.79 Å². The molecular formula is C28H52ClN7O. The van der Waals surface area contributed by atoms with Crippen LogP contribution in [0.3, 0.4) is 0 Å². The Morgan fingerprint density at radius 2 is 2.03 bits per heavy atom. The lowest BCUT2D eigenvalue weighted by Gasteiger charge is -2.45. The molecule has 0 saturated carbocycles. The molecule has 2 saturated heterocycles. The second-order valence-corrected chi connectivity index (χ2v) is 12.6. The van der Waals surface area contributed by atoms with Crippen LogP contribution in [0.2, 0.25) is 0 Å². The minimum Gasteiger partial charge on any atom is -0.350 e. The van der Waals surface area contributed by atoms with Crippen LogP contribution in [0.4, 0.5) is 0 Å². The van der Waals surface area contributed by atoms with Crippen molar-refractivity contribution >= 4 is 23.2 Å². The van der Waals surface area contributed by atoms with E-state index in [1.165, 1.54) is 12.8 Å². The third kappa shape index (κ3) is 8.73. The zero-order valence-corrected chi connectivity index (χ0v) is 24.4. The first-order valence-electron chi connectivity index (χ1n) is 14.4. The third-order valence-electron chi connectivity index (χ3n) is 8.74. The molecule has 0 aromatic rings. The average Bonchev–Trinajstić information content (AvgIpc) is 2.86. The maximum Gasteiger partial charge on any atom is 0.232 e. The number of unbranched alkanes of at least 4 members (excludes halogenated alkanes) is 2. The number of allylic oxidation sites excluding steroid dienone is 1. The largest absolute Gasteiger partial charge is 0.350 e. The molecule has 3 unspecified atom stereocenters. The van der Waals surface area contributed by atoms with Crippen LogP contribution in [0.5, 0.6) is 0 Å². The molecule has 0 spiro atoms. The van der Waals surface area contributed by atoms with Gasteiger partial charge in [0, 0.05) is 42.5 Å². The fourth-order valence-corrected chi connectivity index (χ4v) is 6.49. The Labute approximate surface area is 230 Å². The number of rotatable bonds is 10. The van der Waals surface area contributed by atoms with Gasteiger partial charge in [-0.05, 0) is 64.6 Å². The summed E-state index contributed by atoms with van der Waals surface area (Å²) < 4.78 is 0. The van der Waals surface area contributed by atoms with Crippen molar-refractivity contribution in [2.24, 2.45) is 27.8 Å². The first-order valence-corrected chi connectivity index (χ1v) is 14.8. The number of likely N-dealkylation sites (tertiary alicyclic amines) is 1. The number of nitrogens with two attached hydrogens (primary N) is 2. The summed E-state index contributed by atoms with van der Waals surface area (Å²) in [7, 11) is 4.33. The fourth-order valence-electron chi connectivity index (χ4n) is 6.35. The molecule has 0 bridgehead atoms. The SMILES string of the molecule is CCCCC[C@]1(C)C/C=C(/Cl)CN=C(C(C(=O)NC2CNCCC2N2CCC(N(C)C)CC2)C(N)N)C1. The molecular weight excluding hydrogens is 486 g/mol. The first-order chi connectivity index (χ1) is 17.6. The van der Waals surface area contributed by atoms with Crippen LogP contribution >= 0.6 is 11.6 Å². The van der Waals surface area contributed by atoms with Crippen LogP contribution in [0.25, 0.3) is 0 Å². The van der Waals surface area contributed by atoms with Crippen molar-refractivity contribution in [3.8, 4) is 0 Å². The van der Waals surface area contributed by atoms with Gasteiger partial charge in [0.15, 0.2) is 0 Å². The van der Waals surface area contributed by atoms with E-state index in [4.69, 9.17) is 28.1 Å². The van der Waals surface area contributed by atoms with E-state index in [0.29, 0.717) is 25.0 Å². The van der Waals surface area contributed by atoms with Gasteiger partial charge in [-0.2, -0.15) is 0 Å². The van der Waals surface area contributed by atoms with Crippen molar-refractivity contribution in [2.75, 3.05) is 46.8 Å². The van der Waals surface area contributed by atoms with E-state index in [2.05, 4.69) is 54.5 Å². The zero-order chi connectivity index (χ0) is 27.0. The van der Waals surface area contributed by atoms with E-state index in [-0.39, 0.29) is 17.4 Å². The molecule has 0 radical (unpaired) electrons. The Balaban J connectivity index is 1.73. The summed E-state index contributed by atoms with van der Waals surface area (Å²) in [4.78, 5) is 23.6. The van der Waals surface area contributed by atoms with Crippen LogP contribution in [-0.4, -0.2) is 92.5 Å². The van der Waals surface area contributed by atoms with Crippen molar-refractivity contribution in [3.63, 3.8) is 0 Å². The predicted molar refractivity (Wildman–Crippen MR) is 155 cm³/mol. The Morgan fingerprint density at radius 3 is 2.68 bits per heavy atom. The number of carbonyl (C=O) groups excluding carboxylic acids is 1. The van der Waals surface area contributed by atoms with Crippen molar-refractivity contribution in [1.82, 2.24) is 20.4 Å². The number of amides is 1. The van der Waals surface area contributed by atoms with Gasteiger partial charge in [0.05, 0.1) is 18.8 Å². The van der Waals surface area contributed by atoms with E-state index in [1.54, 1.807) is 0 Å². The van der Waals surface area contributed by atoms with Gasteiger partial charge in [0.1, 0.15) is 5.92 Å². The second kappa shape index (κ2) is 14.4. The minimum atomic E-state index is -0.813. The number of hydrogen-bond donors (Lipinski definition) is 4. The molecule has 9 heteroatoms. The Kier molecular flexibility index (Phi) is 11.9. The molecule has 4 atom stereocenters. The standard InChI is InChI=1S/C28H52ClN7O/c1-5-6-7-12-28(2)13-8-20(29)18-33-22(17-28)25(26(30)31)27(37)34-23-19-32-14-9-24(23)36-15-10-21(11-16-36)35(3)4/h8,21,23-26,32H,5-7,9-19,30-31H2,1-4H3,(H,34,37)/b20-8+,33-22?/t23?,24?,25?,28-/m1/s1. The Bertz CT molecular complexity index is 793. The van der Waals surface area contributed by atoms with Gasteiger partial charge in [0.25, 0.3) is 0 Å². The summed E-state index contributed by atoms with van der Waals surface area (Å²) in [5, 5.41) is 7.57. The van der Waals surface area contributed by atoms with E-state index < -0.39 is 12.1 Å². The molecule has 37 heavy (non-hydrogen) atoms. The lowest BCUT2D eigenvalue weighted by atomic mass is 9.74. The molecule has 0 aromatic carbocycles. The number of halogens is 1. The molecule has 8 nitrogen and oxygen atoms in total. The molecule has 0 aliphatic carbocycles. The normalized spacial score (nSPS) is 30.8. The number of hydrogen-bond acceptors (Lipinski definition) is 7. The van der Waals surface area contributed by atoms with Crippen LogP contribution in [0.1, 0.15) is 71.6 Å². The van der Waals surface area contributed by atoms with Gasteiger partial charge in [-0.3, -0.25) is 14.7 Å². The monoisotopic (exact) mass is 537 g/mol. The van der Waals surface area contributed by atoms with Crippen LogP contribution in [0.15, 0.2) is 16.1 Å². The van der Waals surface area contributed by atoms with Gasteiger partial charge in [-0.1, -0.05) is 50.8 Å².